The van der Waals surface area contributed by atoms with Crippen molar-refractivity contribution >= 4 is 23.0 Å². The van der Waals surface area contributed by atoms with Crippen molar-refractivity contribution in [3.63, 3.8) is 0 Å². The molecule has 0 saturated carbocycles. The maximum atomic E-state index is 5.43. The molecule has 0 spiro atoms. The Bertz CT molecular complexity index is 987. The average Bonchev–Trinajstić information content (AvgIpc) is 3.45. The molecule has 3 heterocycles. The van der Waals surface area contributed by atoms with E-state index in [-0.39, 0.29) is 6.79 Å². The molecule has 0 amide bonds. The summed E-state index contributed by atoms with van der Waals surface area (Å²) in [4.78, 5) is 11.1. The van der Waals surface area contributed by atoms with E-state index in [0.29, 0.717) is 6.54 Å². The van der Waals surface area contributed by atoms with Gasteiger partial charge in [-0.1, -0.05) is 6.07 Å². The van der Waals surface area contributed by atoms with E-state index in [1.165, 1.54) is 18.5 Å². The standard InChI is InChI=1S/C22H23N5O2/c1-2-10-27(9-1)18-6-4-17(5-7-18)26-22-12-21(24-14-25-22)23-13-16-3-8-19-20(11-16)29-15-28-19/h3-8,11-12,14H,1-2,9-10,13,15H2,(H2,23,24,25,26). The molecule has 2 N–H and O–H groups in total. The zero-order chi connectivity index (χ0) is 19.5. The third-order valence-corrected chi connectivity index (χ3v) is 5.19. The Morgan fingerprint density at radius 1 is 0.862 bits per heavy atom. The normalized spacial score (nSPS) is 14.8. The van der Waals surface area contributed by atoms with Gasteiger partial charge in [-0.05, 0) is 54.8 Å². The highest BCUT2D eigenvalue weighted by Crippen LogP contribution is 2.32. The first-order chi connectivity index (χ1) is 14.3. The van der Waals surface area contributed by atoms with Crippen LogP contribution in [0.2, 0.25) is 0 Å². The van der Waals surface area contributed by atoms with Gasteiger partial charge >= 0.3 is 0 Å². The van der Waals surface area contributed by atoms with Crippen LogP contribution in [0.3, 0.4) is 0 Å². The van der Waals surface area contributed by atoms with Crippen LogP contribution in [-0.4, -0.2) is 29.9 Å². The van der Waals surface area contributed by atoms with Crippen LogP contribution in [-0.2, 0) is 6.54 Å². The summed E-state index contributed by atoms with van der Waals surface area (Å²) >= 11 is 0. The number of nitrogens with zero attached hydrogens (tertiary/aromatic N) is 3. The number of nitrogens with one attached hydrogen (secondary N) is 2. The van der Waals surface area contributed by atoms with Crippen LogP contribution in [0.4, 0.5) is 23.0 Å². The van der Waals surface area contributed by atoms with Gasteiger partial charge in [-0.15, -0.1) is 0 Å². The number of hydrogen-bond acceptors (Lipinski definition) is 7. The SMILES string of the molecule is c1nc(NCc2ccc3c(c2)OCO3)cc(Nc2ccc(N3CCCC3)cc2)n1. The second-order valence-electron chi connectivity index (χ2n) is 7.20. The molecule has 2 aromatic carbocycles. The van der Waals surface area contributed by atoms with E-state index in [2.05, 4.69) is 49.8 Å². The lowest BCUT2D eigenvalue weighted by Crippen LogP contribution is -2.17. The highest BCUT2D eigenvalue weighted by Gasteiger charge is 2.13. The van der Waals surface area contributed by atoms with Gasteiger partial charge in [-0.25, -0.2) is 9.97 Å². The number of benzene rings is 2. The van der Waals surface area contributed by atoms with Crippen LogP contribution < -0.4 is 25.0 Å². The van der Waals surface area contributed by atoms with Crippen molar-refractivity contribution in [3.05, 3.63) is 60.4 Å². The van der Waals surface area contributed by atoms with Gasteiger partial charge in [0.15, 0.2) is 11.5 Å². The van der Waals surface area contributed by atoms with Crippen molar-refractivity contribution < 1.29 is 9.47 Å². The molecule has 29 heavy (non-hydrogen) atoms. The van der Waals surface area contributed by atoms with Gasteiger partial charge in [0.1, 0.15) is 18.0 Å². The van der Waals surface area contributed by atoms with Gasteiger partial charge in [-0.3, -0.25) is 0 Å². The summed E-state index contributed by atoms with van der Waals surface area (Å²) in [5.41, 5.74) is 3.38. The topological polar surface area (TPSA) is 71.5 Å². The number of fused-ring (bicyclic) bond motifs is 1. The molecule has 3 aromatic rings. The molecule has 1 fully saturated rings. The van der Waals surface area contributed by atoms with Crippen molar-refractivity contribution in [1.82, 2.24) is 9.97 Å². The van der Waals surface area contributed by atoms with E-state index in [0.717, 1.165) is 47.5 Å². The van der Waals surface area contributed by atoms with Gasteiger partial charge in [0.25, 0.3) is 0 Å². The molecule has 2 aliphatic rings. The maximum Gasteiger partial charge on any atom is 0.231 e. The fourth-order valence-corrected chi connectivity index (χ4v) is 3.64. The third-order valence-electron chi connectivity index (χ3n) is 5.19. The Balaban J connectivity index is 1.21. The summed E-state index contributed by atoms with van der Waals surface area (Å²) in [5, 5.41) is 6.68. The number of aromatic nitrogens is 2. The molecule has 1 aromatic heterocycles. The second kappa shape index (κ2) is 7.87. The number of hydrogen-bond donors (Lipinski definition) is 2. The van der Waals surface area contributed by atoms with E-state index in [9.17, 15) is 0 Å². The number of anilines is 4. The van der Waals surface area contributed by atoms with Crippen LogP contribution in [0, 0.1) is 0 Å². The molecule has 0 atom stereocenters. The minimum atomic E-state index is 0.284. The summed E-state index contributed by atoms with van der Waals surface area (Å²) < 4.78 is 10.8. The highest BCUT2D eigenvalue weighted by atomic mass is 16.7. The summed E-state index contributed by atoms with van der Waals surface area (Å²) in [6.07, 6.45) is 4.12. The summed E-state index contributed by atoms with van der Waals surface area (Å²) in [7, 11) is 0. The smallest absolute Gasteiger partial charge is 0.231 e. The van der Waals surface area contributed by atoms with E-state index >= 15 is 0 Å². The first-order valence-electron chi connectivity index (χ1n) is 9.90. The van der Waals surface area contributed by atoms with E-state index < -0.39 is 0 Å². The zero-order valence-electron chi connectivity index (χ0n) is 16.1. The maximum absolute atomic E-state index is 5.43. The van der Waals surface area contributed by atoms with E-state index in [1.54, 1.807) is 6.33 Å². The summed E-state index contributed by atoms with van der Waals surface area (Å²) in [6.45, 7) is 3.22. The highest BCUT2D eigenvalue weighted by molar-refractivity contribution is 5.62. The predicted octanol–water partition coefficient (Wildman–Crippen LogP) is 4.16. The van der Waals surface area contributed by atoms with Gasteiger partial charge < -0.3 is 25.0 Å². The van der Waals surface area contributed by atoms with E-state index in [4.69, 9.17) is 9.47 Å². The fourth-order valence-electron chi connectivity index (χ4n) is 3.64. The minimum Gasteiger partial charge on any atom is -0.454 e. The summed E-state index contributed by atoms with van der Waals surface area (Å²) in [6, 6.07) is 16.3. The Morgan fingerprint density at radius 2 is 1.66 bits per heavy atom. The Hall–Kier alpha value is -3.48. The Morgan fingerprint density at radius 3 is 2.52 bits per heavy atom. The Labute approximate surface area is 169 Å². The van der Waals surface area contributed by atoms with Crippen LogP contribution in [0.5, 0.6) is 11.5 Å². The predicted molar refractivity (Wildman–Crippen MR) is 113 cm³/mol. The lowest BCUT2D eigenvalue weighted by atomic mass is 10.2. The molecule has 0 unspecified atom stereocenters. The molecular formula is C22H23N5O2. The molecule has 7 heteroatoms. The fraction of sp³-hybridized carbons (Fsp3) is 0.273. The molecule has 5 rings (SSSR count). The van der Waals surface area contributed by atoms with Gasteiger partial charge in [-0.2, -0.15) is 0 Å². The molecule has 7 nitrogen and oxygen atoms in total. The molecule has 2 aliphatic heterocycles. The first kappa shape index (κ1) is 17.6. The number of rotatable bonds is 6. The minimum absolute atomic E-state index is 0.284. The van der Waals surface area contributed by atoms with Gasteiger partial charge in [0, 0.05) is 37.1 Å². The lowest BCUT2D eigenvalue weighted by Gasteiger charge is -2.18. The second-order valence-corrected chi connectivity index (χ2v) is 7.20. The first-order valence-corrected chi connectivity index (χ1v) is 9.90. The van der Waals surface area contributed by atoms with Crippen molar-refractivity contribution in [3.8, 4) is 11.5 Å². The van der Waals surface area contributed by atoms with Gasteiger partial charge in [0.05, 0.1) is 0 Å². The van der Waals surface area contributed by atoms with Crippen LogP contribution in [0.1, 0.15) is 18.4 Å². The van der Waals surface area contributed by atoms with Crippen LogP contribution in [0.15, 0.2) is 54.9 Å². The zero-order valence-corrected chi connectivity index (χ0v) is 16.1. The van der Waals surface area contributed by atoms with Crippen LogP contribution in [0.25, 0.3) is 0 Å². The van der Waals surface area contributed by atoms with Crippen molar-refractivity contribution in [2.45, 2.75) is 19.4 Å². The molecule has 0 radical (unpaired) electrons. The third kappa shape index (κ3) is 4.03. The Kier molecular flexibility index (Phi) is 4.78. The average molecular weight is 389 g/mol. The molecule has 1 saturated heterocycles. The van der Waals surface area contributed by atoms with Crippen molar-refractivity contribution in [1.29, 1.82) is 0 Å². The molecule has 148 valence electrons. The van der Waals surface area contributed by atoms with E-state index in [1.807, 2.05) is 24.3 Å². The molecule has 0 aliphatic carbocycles. The molecular weight excluding hydrogens is 366 g/mol. The van der Waals surface area contributed by atoms with Crippen molar-refractivity contribution in [2.24, 2.45) is 0 Å². The number of ether oxygens (including phenoxy) is 2. The van der Waals surface area contributed by atoms with Gasteiger partial charge in [0.2, 0.25) is 6.79 Å². The lowest BCUT2D eigenvalue weighted by molar-refractivity contribution is 0.174. The summed E-state index contributed by atoms with van der Waals surface area (Å²) in [5.74, 6) is 3.08. The quantitative estimate of drug-likeness (QED) is 0.656. The molecule has 0 bridgehead atoms. The largest absolute Gasteiger partial charge is 0.454 e. The van der Waals surface area contributed by atoms with Crippen molar-refractivity contribution in [2.75, 3.05) is 35.4 Å². The van der Waals surface area contributed by atoms with Crippen LogP contribution >= 0.6 is 0 Å². The monoisotopic (exact) mass is 389 g/mol.